The van der Waals surface area contributed by atoms with E-state index in [1.54, 1.807) is 6.07 Å². The maximum Gasteiger partial charge on any atom is 0.170 e. The van der Waals surface area contributed by atoms with Gasteiger partial charge in [0.05, 0.1) is 12.0 Å². The number of benzene rings is 2. The molecule has 0 saturated heterocycles. The van der Waals surface area contributed by atoms with E-state index in [9.17, 15) is 4.79 Å². The Hall–Kier alpha value is -2.29. The van der Waals surface area contributed by atoms with Crippen LogP contribution >= 0.6 is 0 Å². The quantitative estimate of drug-likeness (QED) is 0.806. The third-order valence-electron chi connectivity index (χ3n) is 4.26. The van der Waals surface area contributed by atoms with Crippen LogP contribution < -0.4 is 10.5 Å². The van der Waals surface area contributed by atoms with Crippen molar-refractivity contribution in [1.82, 2.24) is 0 Å². The minimum atomic E-state index is -0.215. The van der Waals surface area contributed by atoms with E-state index in [1.807, 2.05) is 45.0 Å². The molecule has 3 heteroatoms. The van der Waals surface area contributed by atoms with E-state index < -0.39 is 0 Å². The molecule has 108 valence electrons. The molecule has 2 N–H and O–H groups in total. The van der Waals surface area contributed by atoms with E-state index in [-0.39, 0.29) is 11.9 Å². The maximum atomic E-state index is 12.4. The number of nitrogens with two attached hydrogens (primary N) is 1. The second-order valence-corrected chi connectivity index (χ2v) is 5.74. The Balaban J connectivity index is 2.04. The molecule has 2 aromatic rings. The van der Waals surface area contributed by atoms with Crippen LogP contribution in [0.3, 0.4) is 0 Å². The van der Waals surface area contributed by atoms with Gasteiger partial charge in [-0.3, -0.25) is 4.79 Å². The summed E-state index contributed by atoms with van der Waals surface area (Å²) in [4.78, 5) is 12.4. The van der Waals surface area contributed by atoms with Gasteiger partial charge < -0.3 is 10.5 Å². The van der Waals surface area contributed by atoms with E-state index in [0.29, 0.717) is 23.4 Å². The van der Waals surface area contributed by atoms with Crippen LogP contribution in [0.15, 0.2) is 30.3 Å². The summed E-state index contributed by atoms with van der Waals surface area (Å²) in [6.45, 7) is 5.95. The Morgan fingerprint density at radius 1 is 1.10 bits per heavy atom. The predicted molar refractivity (Wildman–Crippen MR) is 83.8 cm³/mol. The summed E-state index contributed by atoms with van der Waals surface area (Å²) >= 11 is 0. The van der Waals surface area contributed by atoms with Gasteiger partial charge in [-0.05, 0) is 43.5 Å². The lowest BCUT2D eigenvalue weighted by Crippen LogP contribution is -2.22. The molecule has 1 unspecified atom stereocenters. The summed E-state index contributed by atoms with van der Waals surface area (Å²) < 4.78 is 6.12. The van der Waals surface area contributed by atoms with Gasteiger partial charge in [-0.1, -0.05) is 29.8 Å². The number of carbonyl (C=O) groups is 1. The van der Waals surface area contributed by atoms with E-state index in [2.05, 4.69) is 0 Å². The highest BCUT2D eigenvalue weighted by atomic mass is 16.5. The van der Waals surface area contributed by atoms with Crippen LogP contribution in [0.1, 0.15) is 45.1 Å². The first-order valence-corrected chi connectivity index (χ1v) is 7.13. The molecule has 0 aliphatic carbocycles. The van der Waals surface area contributed by atoms with Crippen molar-refractivity contribution in [2.24, 2.45) is 0 Å². The molecule has 0 bridgehead atoms. The largest absolute Gasteiger partial charge is 0.484 e. The molecule has 1 atom stereocenters. The number of ketones is 1. The Labute approximate surface area is 124 Å². The zero-order chi connectivity index (χ0) is 15.1. The zero-order valence-electron chi connectivity index (χ0n) is 12.6. The Bertz CT molecular complexity index is 717. The molecule has 2 aromatic carbocycles. The first-order valence-electron chi connectivity index (χ1n) is 7.13. The fourth-order valence-corrected chi connectivity index (χ4v) is 2.71. The molecule has 3 nitrogen and oxygen atoms in total. The smallest absolute Gasteiger partial charge is 0.170 e. The van der Waals surface area contributed by atoms with Crippen molar-refractivity contribution in [2.45, 2.75) is 33.3 Å². The number of Topliss-reactive ketones (excluding diaryl/α,β-unsaturated/α-hetero) is 1. The summed E-state index contributed by atoms with van der Waals surface area (Å²) in [6, 6.07) is 9.88. The van der Waals surface area contributed by atoms with Crippen molar-refractivity contribution in [3.8, 4) is 5.75 Å². The van der Waals surface area contributed by atoms with Gasteiger partial charge in [-0.15, -0.1) is 0 Å². The Morgan fingerprint density at radius 2 is 1.76 bits per heavy atom. The number of hydrogen-bond acceptors (Lipinski definition) is 3. The number of anilines is 1. The molecule has 0 amide bonds. The summed E-state index contributed by atoms with van der Waals surface area (Å²) in [6.07, 6.45) is 0.144. The molecule has 0 radical (unpaired) electrons. The average Bonchev–Trinajstić information content (AvgIpc) is 2.47. The van der Waals surface area contributed by atoms with Crippen LogP contribution in [0.2, 0.25) is 0 Å². The molecule has 0 fully saturated rings. The highest BCUT2D eigenvalue weighted by Gasteiger charge is 2.29. The van der Waals surface area contributed by atoms with Crippen molar-refractivity contribution in [1.29, 1.82) is 0 Å². The van der Waals surface area contributed by atoms with Gasteiger partial charge in [0, 0.05) is 5.69 Å². The van der Waals surface area contributed by atoms with E-state index in [0.717, 1.165) is 16.7 Å². The maximum absolute atomic E-state index is 12.4. The van der Waals surface area contributed by atoms with Crippen LogP contribution in [-0.2, 0) is 0 Å². The lowest BCUT2D eigenvalue weighted by molar-refractivity contribution is 0.0848. The van der Waals surface area contributed by atoms with Crippen molar-refractivity contribution < 1.29 is 9.53 Å². The van der Waals surface area contributed by atoms with Crippen molar-refractivity contribution in [3.05, 3.63) is 58.1 Å². The van der Waals surface area contributed by atoms with E-state index in [1.165, 1.54) is 5.56 Å². The second kappa shape index (κ2) is 4.92. The highest BCUT2D eigenvalue weighted by Crippen LogP contribution is 2.40. The normalized spacial score (nSPS) is 17.3. The molecular weight excluding hydrogens is 262 g/mol. The van der Waals surface area contributed by atoms with Crippen LogP contribution in [0.25, 0.3) is 0 Å². The Kier molecular flexibility index (Phi) is 3.20. The number of fused-ring (bicyclic) bond motifs is 1. The number of nitrogen functional groups attached to an aromatic ring is 1. The van der Waals surface area contributed by atoms with Crippen LogP contribution in [0, 0.1) is 20.8 Å². The van der Waals surface area contributed by atoms with Crippen molar-refractivity contribution >= 4 is 11.5 Å². The number of ether oxygens (including phenoxy) is 1. The van der Waals surface area contributed by atoms with Gasteiger partial charge in [-0.2, -0.15) is 0 Å². The molecule has 1 aliphatic rings. The van der Waals surface area contributed by atoms with Crippen LogP contribution in [0.4, 0.5) is 5.69 Å². The van der Waals surface area contributed by atoms with Gasteiger partial charge in [0.25, 0.3) is 0 Å². The molecule has 1 heterocycles. The summed E-state index contributed by atoms with van der Waals surface area (Å²) in [5.41, 5.74) is 11.4. The Morgan fingerprint density at radius 3 is 2.43 bits per heavy atom. The van der Waals surface area contributed by atoms with E-state index >= 15 is 0 Å². The SMILES string of the molecule is Cc1ccc(C2CC(=O)c3cc(N)c(C)c(C)c3O2)cc1. The fraction of sp³-hybridized carbons (Fsp3) is 0.278. The lowest BCUT2D eigenvalue weighted by atomic mass is 9.92. The predicted octanol–water partition coefficient (Wildman–Crippen LogP) is 3.90. The summed E-state index contributed by atoms with van der Waals surface area (Å²) in [5.74, 6) is 0.778. The van der Waals surface area contributed by atoms with Gasteiger partial charge in [0.15, 0.2) is 5.78 Å². The highest BCUT2D eigenvalue weighted by molar-refractivity contribution is 6.01. The monoisotopic (exact) mass is 281 g/mol. The van der Waals surface area contributed by atoms with Crippen molar-refractivity contribution in [3.63, 3.8) is 0 Å². The third-order valence-corrected chi connectivity index (χ3v) is 4.26. The van der Waals surface area contributed by atoms with Gasteiger partial charge in [0.1, 0.15) is 11.9 Å². The van der Waals surface area contributed by atoms with Crippen LogP contribution in [0.5, 0.6) is 5.75 Å². The molecule has 3 rings (SSSR count). The molecule has 0 saturated carbocycles. The zero-order valence-corrected chi connectivity index (χ0v) is 12.6. The molecule has 0 spiro atoms. The minimum absolute atomic E-state index is 0.0941. The summed E-state index contributed by atoms with van der Waals surface area (Å²) in [5, 5.41) is 0. The number of hydrogen-bond donors (Lipinski definition) is 1. The van der Waals surface area contributed by atoms with E-state index in [4.69, 9.17) is 10.5 Å². The number of carbonyl (C=O) groups excluding carboxylic acids is 1. The molecule has 21 heavy (non-hydrogen) atoms. The van der Waals surface area contributed by atoms with Gasteiger partial charge in [-0.25, -0.2) is 0 Å². The van der Waals surface area contributed by atoms with Crippen LogP contribution in [-0.4, -0.2) is 5.78 Å². The fourth-order valence-electron chi connectivity index (χ4n) is 2.71. The van der Waals surface area contributed by atoms with Crippen molar-refractivity contribution in [2.75, 3.05) is 5.73 Å². The minimum Gasteiger partial charge on any atom is -0.484 e. The molecular formula is C18H19NO2. The average molecular weight is 281 g/mol. The standard InChI is InChI=1S/C18H19NO2/c1-10-4-6-13(7-5-10)17-9-16(20)14-8-15(19)11(2)12(3)18(14)21-17/h4-8,17H,9,19H2,1-3H3. The number of aryl methyl sites for hydroxylation is 1. The second-order valence-electron chi connectivity index (χ2n) is 5.74. The van der Waals surface area contributed by atoms with Gasteiger partial charge >= 0.3 is 0 Å². The topological polar surface area (TPSA) is 52.3 Å². The summed E-state index contributed by atoms with van der Waals surface area (Å²) in [7, 11) is 0. The molecule has 0 aromatic heterocycles. The first-order chi connectivity index (χ1) is 9.97. The number of rotatable bonds is 1. The third kappa shape index (κ3) is 2.29. The lowest BCUT2D eigenvalue weighted by Gasteiger charge is -2.28. The molecule has 1 aliphatic heterocycles. The van der Waals surface area contributed by atoms with Gasteiger partial charge in [0.2, 0.25) is 0 Å². The first kappa shape index (κ1) is 13.7.